The molecule has 0 aliphatic rings. The SMILES string of the molecule is COc1cccc(NC(=O)Nc2nnc(N(C)Cc3ccccc3)s2)c1. The molecule has 0 aliphatic heterocycles. The van der Waals surface area contributed by atoms with Crippen LogP contribution in [-0.2, 0) is 6.54 Å². The number of nitrogens with one attached hydrogen (secondary N) is 2. The maximum absolute atomic E-state index is 12.1. The fraction of sp³-hybridized carbons (Fsp3) is 0.167. The molecular formula is C18H19N5O2S. The van der Waals surface area contributed by atoms with Crippen molar-refractivity contribution in [1.82, 2.24) is 10.2 Å². The molecule has 0 saturated carbocycles. The minimum atomic E-state index is -0.383. The second-order valence-corrected chi connectivity index (χ2v) is 6.50. The molecule has 0 atom stereocenters. The standard InChI is InChI=1S/C18H19N5O2S/c1-23(12-13-7-4-3-5-8-13)18-22-21-17(26-18)20-16(24)19-14-9-6-10-15(11-14)25-2/h3-11H,12H2,1-2H3,(H2,19,20,21,24). The maximum Gasteiger partial charge on any atom is 0.325 e. The highest BCUT2D eigenvalue weighted by atomic mass is 32.1. The van der Waals surface area contributed by atoms with E-state index in [4.69, 9.17) is 4.74 Å². The van der Waals surface area contributed by atoms with Gasteiger partial charge in [0.2, 0.25) is 10.3 Å². The Hall–Kier alpha value is -3.13. The lowest BCUT2D eigenvalue weighted by molar-refractivity contribution is 0.262. The molecular weight excluding hydrogens is 350 g/mol. The van der Waals surface area contributed by atoms with Crippen molar-refractivity contribution in [2.24, 2.45) is 0 Å². The predicted octanol–water partition coefficient (Wildman–Crippen LogP) is 3.83. The summed E-state index contributed by atoms with van der Waals surface area (Å²) in [4.78, 5) is 14.1. The van der Waals surface area contributed by atoms with Crippen molar-refractivity contribution >= 4 is 33.3 Å². The molecule has 3 rings (SSSR count). The molecule has 7 nitrogen and oxygen atoms in total. The lowest BCUT2D eigenvalue weighted by Crippen LogP contribution is -2.19. The van der Waals surface area contributed by atoms with Crippen molar-refractivity contribution in [1.29, 1.82) is 0 Å². The van der Waals surface area contributed by atoms with Crippen LogP contribution >= 0.6 is 11.3 Å². The van der Waals surface area contributed by atoms with E-state index in [1.165, 1.54) is 16.9 Å². The summed E-state index contributed by atoms with van der Waals surface area (Å²) < 4.78 is 5.14. The highest BCUT2D eigenvalue weighted by Crippen LogP contribution is 2.24. The first-order valence-corrected chi connectivity index (χ1v) is 8.76. The number of rotatable bonds is 6. The van der Waals surface area contributed by atoms with E-state index >= 15 is 0 Å². The van der Waals surface area contributed by atoms with Crippen LogP contribution in [-0.4, -0.2) is 30.4 Å². The zero-order valence-electron chi connectivity index (χ0n) is 14.5. The molecule has 2 N–H and O–H groups in total. The van der Waals surface area contributed by atoms with Gasteiger partial charge in [0.05, 0.1) is 7.11 Å². The van der Waals surface area contributed by atoms with Gasteiger partial charge in [0.1, 0.15) is 5.75 Å². The monoisotopic (exact) mass is 369 g/mol. The Balaban J connectivity index is 1.58. The summed E-state index contributed by atoms with van der Waals surface area (Å²) in [5, 5.41) is 14.7. The summed E-state index contributed by atoms with van der Waals surface area (Å²) in [6.07, 6.45) is 0. The van der Waals surface area contributed by atoms with Gasteiger partial charge in [0.25, 0.3) is 0 Å². The van der Waals surface area contributed by atoms with Crippen LogP contribution in [0, 0.1) is 0 Å². The third-order valence-electron chi connectivity index (χ3n) is 3.55. The molecule has 26 heavy (non-hydrogen) atoms. The van der Waals surface area contributed by atoms with Gasteiger partial charge in [-0.1, -0.05) is 47.7 Å². The van der Waals surface area contributed by atoms with E-state index in [9.17, 15) is 4.79 Å². The third-order valence-corrected chi connectivity index (χ3v) is 4.50. The number of benzene rings is 2. The summed E-state index contributed by atoms with van der Waals surface area (Å²) in [6, 6.07) is 16.8. The zero-order valence-corrected chi connectivity index (χ0v) is 15.3. The van der Waals surface area contributed by atoms with E-state index in [1.807, 2.05) is 36.2 Å². The highest BCUT2D eigenvalue weighted by molar-refractivity contribution is 7.19. The van der Waals surface area contributed by atoms with Crippen molar-refractivity contribution in [2.45, 2.75) is 6.54 Å². The van der Waals surface area contributed by atoms with Gasteiger partial charge in [-0.25, -0.2) is 4.79 Å². The van der Waals surface area contributed by atoms with Crippen LogP contribution in [0.4, 0.5) is 20.7 Å². The fourth-order valence-electron chi connectivity index (χ4n) is 2.31. The first kappa shape index (κ1) is 17.7. The minimum absolute atomic E-state index is 0.383. The van der Waals surface area contributed by atoms with E-state index in [0.717, 1.165) is 5.13 Å². The van der Waals surface area contributed by atoms with Gasteiger partial charge in [0, 0.05) is 25.3 Å². The number of anilines is 3. The van der Waals surface area contributed by atoms with Crippen molar-refractivity contribution in [3.8, 4) is 5.75 Å². The summed E-state index contributed by atoms with van der Waals surface area (Å²) in [6.45, 7) is 0.714. The smallest absolute Gasteiger partial charge is 0.325 e. The molecule has 1 heterocycles. The van der Waals surface area contributed by atoms with Crippen molar-refractivity contribution in [3.05, 3.63) is 60.2 Å². The molecule has 0 radical (unpaired) electrons. The second kappa shape index (κ2) is 8.30. The van der Waals surface area contributed by atoms with Crippen LogP contribution in [0.3, 0.4) is 0 Å². The van der Waals surface area contributed by atoms with Gasteiger partial charge in [-0.2, -0.15) is 0 Å². The van der Waals surface area contributed by atoms with Gasteiger partial charge in [-0.3, -0.25) is 5.32 Å². The largest absolute Gasteiger partial charge is 0.497 e. The molecule has 0 saturated heterocycles. The van der Waals surface area contributed by atoms with Gasteiger partial charge >= 0.3 is 6.03 Å². The number of ether oxygens (including phenoxy) is 1. The van der Waals surface area contributed by atoms with Crippen LogP contribution in [0.15, 0.2) is 54.6 Å². The Kier molecular flexibility index (Phi) is 5.65. The fourth-order valence-corrected chi connectivity index (χ4v) is 3.01. The quantitative estimate of drug-likeness (QED) is 0.690. The summed E-state index contributed by atoms with van der Waals surface area (Å²) in [5.41, 5.74) is 1.81. The topological polar surface area (TPSA) is 79.4 Å². The zero-order chi connectivity index (χ0) is 18.4. The van der Waals surface area contributed by atoms with Gasteiger partial charge < -0.3 is 15.0 Å². The molecule has 3 aromatic rings. The van der Waals surface area contributed by atoms with Gasteiger partial charge in [-0.05, 0) is 17.7 Å². The Labute approximate surface area is 155 Å². The first-order valence-electron chi connectivity index (χ1n) is 7.94. The number of urea groups is 1. The maximum atomic E-state index is 12.1. The third kappa shape index (κ3) is 4.70. The number of hydrogen-bond acceptors (Lipinski definition) is 6. The minimum Gasteiger partial charge on any atom is -0.497 e. The van der Waals surface area contributed by atoms with Crippen LogP contribution in [0.25, 0.3) is 0 Å². The Morgan fingerprint density at radius 1 is 1.12 bits per heavy atom. The molecule has 8 heteroatoms. The highest BCUT2D eigenvalue weighted by Gasteiger charge is 2.12. The van der Waals surface area contributed by atoms with Gasteiger partial charge in [0.15, 0.2) is 0 Å². The molecule has 2 amide bonds. The summed E-state index contributed by atoms with van der Waals surface area (Å²) >= 11 is 1.31. The Bertz CT molecular complexity index is 869. The molecule has 134 valence electrons. The summed E-state index contributed by atoms with van der Waals surface area (Å²) in [7, 11) is 3.52. The molecule has 0 spiro atoms. The lowest BCUT2D eigenvalue weighted by Gasteiger charge is -2.14. The van der Waals surface area contributed by atoms with Crippen molar-refractivity contribution < 1.29 is 9.53 Å². The van der Waals surface area contributed by atoms with E-state index < -0.39 is 0 Å². The van der Waals surface area contributed by atoms with E-state index in [2.05, 4.69) is 33.0 Å². The number of methoxy groups -OCH3 is 1. The predicted molar refractivity (Wildman–Crippen MR) is 104 cm³/mol. The number of aromatic nitrogens is 2. The second-order valence-electron chi connectivity index (χ2n) is 5.54. The normalized spacial score (nSPS) is 10.2. The molecule has 1 aromatic heterocycles. The van der Waals surface area contributed by atoms with Crippen LogP contribution in [0.5, 0.6) is 5.75 Å². The van der Waals surface area contributed by atoms with E-state index in [1.54, 1.807) is 25.3 Å². The van der Waals surface area contributed by atoms with E-state index in [-0.39, 0.29) is 6.03 Å². The van der Waals surface area contributed by atoms with Gasteiger partial charge in [-0.15, -0.1) is 10.2 Å². The number of carbonyl (C=O) groups is 1. The molecule has 0 aliphatic carbocycles. The molecule has 0 bridgehead atoms. The van der Waals surface area contributed by atoms with Crippen molar-refractivity contribution in [3.63, 3.8) is 0 Å². The van der Waals surface area contributed by atoms with Crippen molar-refractivity contribution in [2.75, 3.05) is 29.7 Å². The van der Waals surface area contributed by atoms with Crippen LogP contribution in [0.1, 0.15) is 5.56 Å². The molecule has 2 aromatic carbocycles. The number of amides is 2. The van der Waals surface area contributed by atoms with Crippen LogP contribution in [0.2, 0.25) is 0 Å². The lowest BCUT2D eigenvalue weighted by atomic mass is 10.2. The number of carbonyl (C=O) groups excluding carboxylic acids is 1. The Morgan fingerprint density at radius 3 is 2.69 bits per heavy atom. The average Bonchev–Trinajstić information content (AvgIpc) is 3.11. The molecule has 0 unspecified atom stereocenters. The average molecular weight is 369 g/mol. The number of nitrogens with zero attached hydrogens (tertiary/aromatic N) is 3. The first-order chi connectivity index (χ1) is 12.6. The van der Waals surface area contributed by atoms with E-state index in [0.29, 0.717) is 23.1 Å². The van der Waals surface area contributed by atoms with Crippen LogP contribution < -0.4 is 20.3 Å². The Morgan fingerprint density at radius 2 is 1.92 bits per heavy atom. The molecule has 0 fully saturated rings. The number of hydrogen-bond donors (Lipinski definition) is 2. The summed E-state index contributed by atoms with van der Waals surface area (Å²) in [5.74, 6) is 0.670.